The summed E-state index contributed by atoms with van der Waals surface area (Å²) in [5, 5.41) is 8.50. The van der Waals surface area contributed by atoms with Gasteiger partial charge in [-0.1, -0.05) is 18.2 Å². The zero-order chi connectivity index (χ0) is 18.1. The highest BCUT2D eigenvalue weighted by atomic mass is 32.2. The topological polar surface area (TPSA) is 74.7 Å². The highest BCUT2D eigenvalue weighted by Crippen LogP contribution is 2.36. The average Bonchev–Trinajstić information content (AvgIpc) is 2.84. The molecule has 25 heavy (non-hydrogen) atoms. The van der Waals surface area contributed by atoms with E-state index < -0.39 is 28.9 Å². The summed E-state index contributed by atoms with van der Waals surface area (Å²) in [6.07, 6.45) is -0.0621. The maximum absolute atomic E-state index is 13.5. The van der Waals surface area contributed by atoms with Gasteiger partial charge in [0.2, 0.25) is 11.8 Å². The van der Waals surface area contributed by atoms with Gasteiger partial charge in [0.05, 0.1) is 16.5 Å². The minimum absolute atomic E-state index is 0.0621. The SMILES string of the molecule is Cc1ccc(F)cc1N1C(=O)C[C@@H](Sc2ccccc2C(=O)O)C1=O. The van der Waals surface area contributed by atoms with Crippen LogP contribution in [-0.2, 0) is 9.59 Å². The smallest absolute Gasteiger partial charge is 0.336 e. The van der Waals surface area contributed by atoms with Crippen LogP contribution in [-0.4, -0.2) is 28.1 Å². The van der Waals surface area contributed by atoms with Gasteiger partial charge in [0.1, 0.15) is 5.82 Å². The van der Waals surface area contributed by atoms with Crippen molar-refractivity contribution >= 4 is 35.2 Å². The van der Waals surface area contributed by atoms with Gasteiger partial charge in [-0.15, -0.1) is 11.8 Å². The van der Waals surface area contributed by atoms with Crippen LogP contribution in [0.15, 0.2) is 47.4 Å². The zero-order valence-corrected chi connectivity index (χ0v) is 14.0. The number of carboxylic acids is 1. The molecule has 1 heterocycles. The Labute approximate surface area is 147 Å². The summed E-state index contributed by atoms with van der Waals surface area (Å²) in [6, 6.07) is 10.2. The zero-order valence-electron chi connectivity index (χ0n) is 13.2. The van der Waals surface area contributed by atoms with Gasteiger partial charge in [-0.05, 0) is 36.8 Å². The first-order chi connectivity index (χ1) is 11.9. The molecule has 1 N–H and O–H groups in total. The fourth-order valence-electron chi connectivity index (χ4n) is 2.67. The van der Waals surface area contributed by atoms with Crippen molar-refractivity contribution in [1.29, 1.82) is 0 Å². The number of carboxylic acid groups (broad SMARTS) is 1. The molecule has 128 valence electrons. The van der Waals surface area contributed by atoms with E-state index in [1.165, 1.54) is 18.2 Å². The molecule has 0 spiro atoms. The van der Waals surface area contributed by atoms with E-state index in [9.17, 15) is 23.9 Å². The molecule has 2 aromatic rings. The van der Waals surface area contributed by atoms with Crippen LogP contribution in [0.2, 0.25) is 0 Å². The number of rotatable bonds is 4. The number of aryl methyl sites for hydroxylation is 1. The van der Waals surface area contributed by atoms with Crippen molar-refractivity contribution in [3.63, 3.8) is 0 Å². The third kappa shape index (κ3) is 3.28. The van der Waals surface area contributed by atoms with Gasteiger partial charge in [-0.3, -0.25) is 9.59 Å². The summed E-state index contributed by atoms with van der Waals surface area (Å²) in [7, 11) is 0. The first-order valence-corrected chi connectivity index (χ1v) is 8.38. The second kappa shape index (κ2) is 6.68. The van der Waals surface area contributed by atoms with Crippen LogP contribution in [0.5, 0.6) is 0 Å². The molecule has 2 amide bonds. The molecule has 7 heteroatoms. The van der Waals surface area contributed by atoms with Crippen molar-refractivity contribution in [2.24, 2.45) is 0 Å². The van der Waals surface area contributed by atoms with Crippen molar-refractivity contribution in [3.05, 3.63) is 59.4 Å². The number of halogens is 1. The molecule has 1 fully saturated rings. The van der Waals surface area contributed by atoms with E-state index in [-0.39, 0.29) is 17.7 Å². The Morgan fingerprint density at radius 3 is 2.68 bits per heavy atom. The van der Waals surface area contributed by atoms with Crippen molar-refractivity contribution in [3.8, 4) is 0 Å². The lowest BCUT2D eigenvalue weighted by atomic mass is 10.2. The predicted molar refractivity (Wildman–Crippen MR) is 91.3 cm³/mol. The molecule has 2 aromatic carbocycles. The van der Waals surface area contributed by atoms with Crippen LogP contribution < -0.4 is 4.90 Å². The van der Waals surface area contributed by atoms with Crippen LogP contribution in [0.3, 0.4) is 0 Å². The van der Waals surface area contributed by atoms with Crippen LogP contribution in [0.1, 0.15) is 22.3 Å². The number of nitrogens with zero attached hydrogens (tertiary/aromatic N) is 1. The minimum atomic E-state index is -1.10. The Balaban J connectivity index is 1.90. The third-order valence-electron chi connectivity index (χ3n) is 3.90. The number of benzene rings is 2. The quantitative estimate of drug-likeness (QED) is 0.848. The van der Waals surface area contributed by atoms with Crippen molar-refractivity contribution in [2.45, 2.75) is 23.5 Å². The molecular formula is C18H14FNO4S. The number of carbonyl (C=O) groups is 3. The molecule has 0 aromatic heterocycles. The van der Waals surface area contributed by atoms with E-state index in [2.05, 4.69) is 0 Å². The normalized spacial score (nSPS) is 17.2. The number of hydrogen-bond acceptors (Lipinski definition) is 4. The summed E-state index contributed by atoms with van der Waals surface area (Å²) < 4.78 is 13.5. The number of anilines is 1. The van der Waals surface area contributed by atoms with Gasteiger partial charge >= 0.3 is 5.97 Å². The summed E-state index contributed by atoms with van der Waals surface area (Å²) in [6.45, 7) is 1.69. The molecule has 1 atom stereocenters. The van der Waals surface area contributed by atoms with Gasteiger partial charge in [-0.2, -0.15) is 0 Å². The average molecular weight is 359 g/mol. The molecular weight excluding hydrogens is 345 g/mol. The fourth-order valence-corrected chi connectivity index (χ4v) is 3.85. The van der Waals surface area contributed by atoms with Gasteiger partial charge in [-0.25, -0.2) is 14.1 Å². The van der Waals surface area contributed by atoms with E-state index in [4.69, 9.17) is 0 Å². The Morgan fingerprint density at radius 2 is 1.96 bits per heavy atom. The lowest BCUT2D eigenvalue weighted by Gasteiger charge is -2.17. The third-order valence-corrected chi connectivity index (χ3v) is 5.17. The maximum Gasteiger partial charge on any atom is 0.336 e. The Hall–Kier alpha value is -2.67. The summed E-state index contributed by atoms with van der Waals surface area (Å²) in [5.74, 6) is -2.53. The fraction of sp³-hybridized carbons (Fsp3) is 0.167. The van der Waals surface area contributed by atoms with Crippen molar-refractivity contribution in [1.82, 2.24) is 0 Å². The number of aromatic carboxylic acids is 1. The molecule has 5 nitrogen and oxygen atoms in total. The second-order valence-corrected chi connectivity index (χ2v) is 6.85. The van der Waals surface area contributed by atoms with E-state index in [1.807, 2.05) is 0 Å². The van der Waals surface area contributed by atoms with Crippen molar-refractivity contribution < 1.29 is 23.9 Å². The summed E-state index contributed by atoms with van der Waals surface area (Å²) >= 11 is 1.04. The van der Waals surface area contributed by atoms with Crippen LogP contribution in [0.4, 0.5) is 10.1 Å². The molecule has 0 radical (unpaired) electrons. The largest absolute Gasteiger partial charge is 0.478 e. The molecule has 0 unspecified atom stereocenters. The number of imide groups is 1. The molecule has 1 aliphatic rings. The predicted octanol–water partition coefficient (Wildman–Crippen LogP) is 3.26. The van der Waals surface area contributed by atoms with E-state index >= 15 is 0 Å². The standard InChI is InChI=1S/C18H14FNO4S/c1-10-6-7-11(19)8-13(10)20-16(21)9-15(17(20)22)25-14-5-3-2-4-12(14)18(23)24/h2-8,15H,9H2,1H3,(H,23,24)/t15-/m1/s1. The van der Waals surface area contributed by atoms with E-state index in [0.29, 0.717) is 10.5 Å². The second-order valence-electron chi connectivity index (χ2n) is 5.61. The summed E-state index contributed by atoms with van der Waals surface area (Å²) in [5.41, 5.74) is 0.914. The van der Waals surface area contributed by atoms with Crippen molar-refractivity contribution in [2.75, 3.05) is 4.90 Å². The van der Waals surface area contributed by atoms with Crippen LogP contribution in [0.25, 0.3) is 0 Å². The molecule has 0 bridgehead atoms. The van der Waals surface area contributed by atoms with Gasteiger partial charge in [0, 0.05) is 11.3 Å². The molecule has 1 saturated heterocycles. The summed E-state index contributed by atoms with van der Waals surface area (Å²) in [4.78, 5) is 37.7. The van der Waals surface area contributed by atoms with E-state index in [1.54, 1.807) is 25.1 Å². The molecule has 0 aliphatic carbocycles. The Kier molecular flexibility index (Phi) is 4.59. The van der Waals surface area contributed by atoms with Gasteiger partial charge in [0.25, 0.3) is 0 Å². The van der Waals surface area contributed by atoms with Gasteiger partial charge < -0.3 is 5.11 Å². The van der Waals surface area contributed by atoms with E-state index in [0.717, 1.165) is 22.7 Å². The lowest BCUT2D eigenvalue weighted by Crippen LogP contribution is -2.31. The first kappa shape index (κ1) is 17.2. The Morgan fingerprint density at radius 1 is 1.24 bits per heavy atom. The first-order valence-electron chi connectivity index (χ1n) is 7.50. The molecule has 1 aliphatic heterocycles. The van der Waals surface area contributed by atoms with Crippen LogP contribution >= 0.6 is 11.8 Å². The maximum atomic E-state index is 13.5. The number of hydrogen-bond donors (Lipinski definition) is 1. The number of thioether (sulfide) groups is 1. The minimum Gasteiger partial charge on any atom is -0.478 e. The van der Waals surface area contributed by atoms with Gasteiger partial charge in [0.15, 0.2) is 0 Å². The number of carbonyl (C=O) groups excluding carboxylic acids is 2. The monoisotopic (exact) mass is 359 g/mol. The Bertz CT molecular complexity index is 883. The molecule has 0 saturated carbocycles. The lowest BCUT2D eigenvalue weighted by molar-refractivity contribution is -0.121. The highest BCUT2D eigenvalue weighted by Gasteiger charge is 2.41. The number of amides is 2. The molecule has 3 rings (SSSR count). The van der Waals surface area contributed by atoms with Crippen LogP contribution in [0, 0.1) is 12.7 Å². The highest BCUT2D eigenvalue weighted by molar-refractivity contribution is 8.00.